The maximum absolute atomic E-state index is 10.9. The summed E-state index contributed by atoms with van der Waals surface area (Å²) < 4.78 is 0. The maximum Gasteiger partial charge on any atom is 0.332 e. The fourth-order valence-corrected chi connectivity index (χ4v) is 0.818. The number of carbonyl (C=O) groups excluding carboxylic acids is 1. The van der Waals surface area contributed by atoms with E-state index in [1.165, 1.54) is 0 Å². The summed E-state index contributed by atoms with van der Waals surface area (Å²) in [6.07, 6.45) is 2.16. The molecule has 5 nitrogen and oxygen atoms in total. The molecule has 0 saturated heterocycles. The van der Waals surface area contributed by atoms with Crippen LogP contribution in [0.15, 0.2) is 0 Å². The summed E-state index contributed by atoms with van der Waals surface area (Å²) in [5, 5.41) is 6.72. The molecule has 76 valence electrons. The van der Waals surface area contributed by atoms with E-state index in [2.05, 4.69) is 18.7 Å². The summed E-state index contributed by atoms with van der Waals surface area (Å²) in [7, 11) is 0. The van der Waals surface area contributed by atoms with Gasteiger partial charge < -0.3 is 10.6 Å². The molecule has 0 radical (unpaired) electrons. The number of carbonyl (C=O) groups is 1. The van der Waals surface area contributed by atoms with Crippen molar-refractivity contribution in [2.24, 2.45) is 11.7 Å². The third-order valence-electron chi connectivity index (χ3n) is 1.44. The molecule has 0 rings (SSSR count). The van der Waals surface area contributed by atoms with E-state index >= 15 is 0 Å². The molecule has 0 aliphatic rings. The zero-order chi connectivity index (χ0) is 10.3. The Morgan fingerprint density at radius 1 is 1.62 bits per heavy atom. The first kappa shape index (κ1) is 11.7. The largest absolute Gasteiger partial charge is 0.368 e. The second kappa shape index (κ2) is 6.28. The minimum Gasteiger partial charge on any atom is -0.368 e. The van der Waals surface area contributed by atoms with Gasteiger partial charge in [0.05, 0.1) is 0 Å². The van der Waals surface area contributed by atoms with E-state index in [-0.39, 0.29) is 11.9 Å². The molecule has 0 atom stereocenters. The third-order valence-corrected chi connectivity index (χ3v) is 1.44. The molecule has 0 spiro atoms. The fraction of sp³-hybridized carbons (Fsp3) is 0.750. The van der Waals surface area contributed by atoms with Crippen LogP contribution in [0.1, 0.15) is 33.1 Å². The first-order valence-corrected chi connectivity index (χ1v) is 4.32. The predicted molar refractivity (Wildman–Crippen MR) is 49.8 cm³/mol. The lowest BCUT2D eigenvalue weighted by Gasteiger charge is -2.05. The zero-order valence-corrected chi connectivity index (χ0v) is 8.09. The van der Waals surface area contributed by atoms with E-state index in [4.69, 9.17) is 11.1 Å². The lowest BCUT2D eigenvalue weighted by molar-refractivity contribution is -0.148. The van der Waals surface area contributed by atoms with Crippen LogP contribution < -0.4 is 11.2 Å². The van der Waals surface area contributed by atoms with Gasteiger partial charge in [-0.05, 0) is 12.3 Å². The number of hydrogen-bond acceptors (Lipinski definition) is 3. The van der Waals surface area contributed by atoms with Gasteiger partial charge in [-0.25, -0.2) is 4.79 Å². The molecule has 0 amide bonds. The first-order chi connectivity index (χ1) is 6.02. The van der Waals surface area contributed by atoms with E-state index in [9.17, 15) is 4.79 Å². The number of hydrogen-bond donors (Lipinski definition) is 3. The number of nitrogens with two attached hydrogens (primary N) is 1. The Morgan fingerprint density at radius 2 is 2.23 bits per heavy atom. The highest BCUT2D eigenvalue weighted by atomic mass is 16.7. The number of nitrogens with one attached hydrogen (secondary N) is 2. The molecule has 0 aliphatic carbocycles. The second-order valence-electron chi connectivity index (χ2n) is 3.28. The summed E-state index contributed by atoms with van der Waals surface area (Å²) in [5.41, 5.74) is 6.91. The Morgan fingerprint density at radius 3 is 2.69 bits per heavy atom. The standard InChI is InChI=1S/C8H17N3O2/c1-6(2)4-3-5-7(12)13-11-8(9)10/h6H,3-5H2,1-2H3,(H4,9,10,11). The molecular formula is C8H17N3O2. The van der Waals surface area contributed by atoms with Gasteiger partial charge in [-0.15, -0.1) is 0 Å². The van der Waals surface area contributed by atoms with Crippen LogP contribution in [0.2, 0.25) is 0 Å². The van der Waals surface area contributed by atoms with Gasteiger partial charge in [0, 0.05) is 6.42 Å². The van der Waals surface area contributed by atoms with E-state index < -0.39 is 0 Å². The highest BCUT2D eigenvalue weighted by Gasteiger charge is 2.03. The average Bonchev–Trinajstić information content (AvgIpc) is 2.00. The van der Waals surface area contributed by atoms with Crippen molar-refractivity contribution in [3.05, 3.63) is 0 Å². The molecule has 0 fully saturated rings. The van der Waals surface area contributed by atoms with Crippen LogP contribution in [0.3, 0.4) is 0 Å². The quantitative estimate of drug-likeness (QED) is 0.344. The van der Waals surface area contributed by atoms with Crippen molar-refractivity contribution in [3.8, 4) is 0 Å². The molecule has 0 unspecified atom stereocenters. The summed E-state index contributed by atoms with van der Waals surface area (Å²) in [4.78, 5) is 15.3. The number of hydroxylamine groups is 1. The van der Waals surface area contributed by atoms with Gasteiger partial charge in [0.15, 0.2) is 0 Å². The van der Waals surface area contributed by atoms with Gasteiger partial charge in [0.25, 0.3) is 0 Å². The molecule has 13 heavy (non-hydrogen) atoms. The Labute approximate surface area is 78.1 Å². The van der Waals surface area contributed by atoms with Crippen molar-refractivity contribution in [1.29, 1.82) is 5.41 Å². The van der Waals surface area contributed by atoms with Gasteiger partial charge in [0.2, 0.25) is 5.96 Å². The molecule has 0 aliphatic heterocycles. The van der Waals surface area contributed by atoms with E-state index in [0.717, 1.165) is 12.8 Å². The van der Waals surface area contributed by atoms with Gasteiger partial charge in [-0.3, -0.25) is 5.41 Å². The van der Waals surface area contributed by atoms with Gasteiger partial charge >= 0.3 is 5.97 Å². The highest BCUT2D eigenvalue weighted by molar-refractivity contribution is 5.76. The lowest BCUT2D eigenvalue weighted by atomic mass is 10.1. The van der Waals surface area contributed by atoms with Gasteiger partial charge in [-0.2, -0.15) is 5.48 Å². The molecule has 0 heterocycles. The molecule has 4 N–H and O–H groups in total. The molecule has 0 bridgehead atoms. The van der Waals surface area contributed by atoms with E-state index in [1.54, 1.807) is 0 Å². The van der Waals surface area contributed by atoms with Crippen molar-refractivity contribution >= 4 is 11.9 Å². The van der Waals surface area contributed by atoms with Crippen LogP contribution in [-0.2, 0) is 9.63 Å². The fourth-order valence-electron chi connectivity index (χ4n) is 0.818. The van der Waals surface area contributed by atoms with Crippen LogP contribution >= 0.6 is 0 Å². The molecule has 0 saturated carbocycles. The minimum atomic E-state index is -0.379. The minimum absolute atomic E-state index is 0.360. The SMILES string of the molecule is CC(C)CCCC(=O)ONC(=N)N. The van der Waals surface area contributed by atoms with Crippen LogP contribution in [-0.4, -0.2) is 11.9 Å². The third kappa shape index (κ3) is 8.65. The molecule has 0 aromatic carbocycles. The molecule has 0 aromatic heterocycles. The van der Waals surface area contributed by atoms with Crippen molar-refractivity contribution in [3.63, 3.8) is 0 Å². The van der Waals surface area contributed by atoms with Crippen molar-refractivity contribution < 1.29 is 9.63 Å². The van der Waals surface area contributed by atoms with Gasteiger partial charge in [0.1, 0.15) is 0 Å². The Bertz CT molecular complexity index is 180. The maximum atomic E-state index is 10.9. The summed E-state index contributed by atoms with van der Waals surface area (Å²) in [6, 6.07) is 0. The summed E-state index contributed by atoms with van der Waals surface area (Å²) >= 11 is 0. The van der Waals surface area contributed by atoms with Crippen LogP contribution in [0.25, 0.3) is 0 Å². The molecular weight excluding hydrogens is 170 g/mol. The Kier molecular flexibility index (Phi) is 5.67. The van der Waals surface area contributed by atoms with Crippen molar-refractivity contribution in [2.45, 2.75) is 33.1 Å². The van der Waals surface area contributed by atoms with Crippen molar-refractivity contribution in [1.82, 2.24) is 5.48 Å². The number of guanidine groups is 1. The van der Waals surface area contributed by atoms with Crippen molar-refractivity contribution in [2.75, 3.05) is 0 Å². The van der Waals surface area contributed by atoms with Crippen LogP contribution in [0.5, 0.6) is 0 Å². The van der Waals surface area contributed by atoms with Crippen LogP contribution in [0, 0.1) is 11.3 Å². The predicted octanol–water partition coefficient (Wildman–Crippen LogP) is 0.754. The Hall–Kier alpha value is -1.26. The molecule has 5 heteroatoms. The first-order valence-electron chi connectivity index (χ1n) is 4.32. The Balaban J connectivity index is 3.36. The lowest BCUT2D eigenvalue weighted by Crippen LogP contribution is -2.32. The monoisotopic (exact) mass is 187 g/mol. The van der Waals surface area contributed by atoms with E-state index in [0.29, 0.717) is 12.3 Å². The smallest absolute Gasteiger partial charge is 0.332 e. The highest BCUT2D eigenvalue weighted by Crippen LogP contribution is 2.06. The summed E-state index contributed by atoms with van der Waals surface area (Å²) in [6.45, 7) is 4.19. The summed E-state index contributed by atoms with van der Waals surface area (Å²) in [5.74, 6) is -0.151. The van der Waals surface area contributed by atoms with Gasteiger partial charge in [-0.1, -0.05) is 20.3 Å². The second-order valence-corrected chi connectivity index (χ2v) is 3.28. The molecule has 0 aromatic rings. The van der Waals surface area contributed by atoms with E-state index in [1.807, 2.05) is 5.48 Å². The average molecular weight is 187 g/mol. The number of rotatable bonds is 4. The zero-order valence-electron chi connectivity index (χ0n) is 8.09. The van der Waals surface area contributed by atoms with Crippen LogP contribution in [0.4, 0.5) is 0 Å². The normalized spacial score (nSPS) is 9.77. The topological polar surface area (TPSA) is 88.2 Å².